The fourth-order valence-corrected chi connectivity index (χ4v) is 1.04. The first-order valence-corrected chi connectivity index (χ1v) is 4.57. The van der Waals surface area contributed by atoms with Crippen molar-refractivity contribution in [3.63, 3.8) is 0 Å². The number of aryl methyl sites for hydroxylation is 1. The SMILES string of the molecule is C=C(COc1ccc(F)cc1C)[B-](F)(F)F. The average molecular weight is 233 g/mol. The molecular weight excluding hydrogens is 223 g/mol. The van der Waals surface area contributed by atoms with Crippen LogP contribution in [0.4, 0.5) is 17.3 Å². The fourth-order valence-electron chi connectivity index (χ4n) is 1.04. The summed E-state index contributed by atoms with van der Waals surface area (Å²) in [7, 11) is 0. The van der Waals surface area contributed by atoms with E-state index in [1.165, 1.54) is 12.1 Å². The lowest BCUT2D eigenvalue weighted by molar-refractivity contribution is 0.344. The molecule has 0 heterocycles. The first-order valence-electron chi connectivity index (χ1n) is 4.57. The van der Waals surface area contributed by atoms with Crippen molar-refractivity contribution < 1.29 is 22.1 Å². The second-order valence-electron chi connectivity index (χ2n) is 3.43. The van der Waals surface area contributed by atoms with Gasteiger partial charge in [-0.25, -0.2) is 4.39 Å². The number of hydrogen-bond donors (Lipinski definition) is 0. The van der Waals surface area contributed by atoms with Gasteiger partial charge < -0.3 is 17.7 Å². The predicted molar refractivity (Wildman–Crippen MR) is 54.9 cm³/mol. The van der Waals surface area contributed by atoms with Gasteiger partial charge in [0.1, 0.15) is 11.6 Å². The van der Waals surface area contributed by atoms with E-state index in [9.17, 15) is 17.3 Å². The van der Waals surface area contributed by atoms with Crippen molar-refractivity contribution in [1.82, 2.24) is 0 Å². The summed E-state index contributed by atoms with van der Waals surface area (Å²) in [6.07, 6.45) is 0. The quantitative estimate of drug-likeness (QED) is 0.571. The van der Waals surface area contributed by atoms with E-state index in [1.807, 2.05) is 0 Å². The van der Waals surface area contributed by atoms with Crippen LogP contribution in [-0.2, 0) is 0 Å². The van der Waals surface area contributed by atoms with Gasteiger partial charge in [0.2, 0.25) is 0 Å². The molecule has 0 aromatic heterocycles. The minimum atomic E-state index is -5.08. The molecular formula is C10H10BF4O-. The predicted octanol–water partition coefficient (Wildman–Crippen LogP) is 3.46. The third-order valence-corrected chi connectivity index (χ3v) is 2.01. The first kappa shape index (κ1) is 12.6. The second kappa shape index (κ2) is 4.59. The minimum absolute atomic E-state index is 0.225. The van der Waals surface area contributed by atoms with Gasteiger partial charge in [-0.05, 0) is 30.7 Å². The summed E-state index contributed by atoms with van der Waals surface area (Å²) in [5, 5.41) is 0. The molecule has 0 saturated heterocycles. The van der Waals surface area contributed by atoms with Gasteiger partial charge in [-0.3, -0.25) is 0 Å². The lowest BCUT2D eigenvalue weighted by atomic mass is 9.81. The molecule has 0 aliphatic heterocycles. The summed E-state index contributed by atoms with van der Waals surface area (Å²) < 4.78 is 54.0. The summed E-state index contributed by atoms with van der Waals surface area (Å²) in [6, 6.07) is 3.61. The van der Waals surface area contributed by atoms with Gasteiger partial charge in [0.25, 0.3) is 0 Å². The van der Waals surface area contributed by atoms with Crippen LogP contribution in [0.2, 0.25) is 0 Å². The van der Waals surface area contributed by atoms with Crippen LogP contribution in [0.1, 0.15) is 5.56 Å². The van der Waals surface area contributed by atoms with Crippen molar-refractivity contribution in [2.45, 2.75) is 6.92 Å². The minimum Gasteiger partial charge on any atom is -0.492 e. The Morgan fingerprint density at radius 2 is 2.00 bits per heavy atom. The third-order valence-electron chi connectivity index (χ3n) is 2.01. The first-order chi connectivity index (χ1) is 7.30. The molecule has 0 spiro atoms. The van der Waals surface area contributed by atoms with E-state index in [2.05, 4.69) is 6.58 Å². The molecule has 0 saturated carbocycles. The standard InChI is InChI=1S/C10H10BF4O/c1-7-5-9(12)3-4-10(7)16-6-8(2)11(13,14)15/h3-5H,2,6H2,1H3/q-1. The zero-order chi connectivity index (χ0) is 12.3. The van der Waals surface area contributed by atoms with Crippen LogP contribution in [0.3, 0.4) is 0 Å². The van der Waals surface area contributed by atoms with Gasteiger partial charge in [-0.2, -0.15) is 0 Å². The topological polar surface area (TPSA) is 9.23 Å². The Morgan fingerprint density at radius 1 is 1.38 bits per heavy atom. The Kier molecular flexibility index (Phi) is 3.62. The van der Waals surface area contributed by atoms with E-state index in [0.29, 0.717) is 5.56 Å². The highest BCUT2D eigenvalue weighted by molar-refractivity contribution is 6.66. The summed E-state index contributed by atoms with van der Waals surface area (Å²) in [4.78, 5) is 0. The van der Waals surface area contributed by atoms with Gasteiger partial charge in [0, 0.05) is 0 Å². The van der Waals surface area contributed by atoms with E-state index >= 15 is 0 Å². The monoisotopic (exact) mass is 233 g/mol. The molecule has 0 N–H and O–H groups in total. The number of ether oxygens (including phenoxy) is 1. The van der Waals surface area contributed by atoms with E-state index in [0.717, 1.165) is 6.07 Å². The summed E-state index contributed by atoms with van der Waals surface area (Å²) in [5.74, 6) is -0.230. The zero-order valence-electron chi connectivity index (χ0n) is 8.64. The molecule has 0 atom stereocenters. The molecule has 6 heteroatoms. The Hall–Kier alpha value is -1.46. The number of halogens is 4. The maximum Gasteiger partial charge on any atom is 0.508 e. The number of rotatable bonds is 4. The molecule has 0 amide bonds. The molecule has 0 unspecified atom stereocenters. The van der Waals surface area contributed by atoms with Crippen molar-refractivity contribution in [3.8, 4) is 5.75 Å². The van der Waals surface area contributed by atoms with Crippen LogP contribution in [0, 0.1) is 12.7 Å². The maximum atomic E-state index is 12.7. The van der Waals surface area contributed by atoms with Crippen LogP contribution in [0.5, 0.6) is 5.75 Å². The highest BCUT2D eigenvalue weighted by Gasteiger charge is 2.26. The van der Waals surface area contributed by atoms with E-state index in [4.69, 9.17) is 4.74 Å². The lowest BCUT2D eigenvalue weighted by Gasteiger charge is -2.18. The van der Waals surface area contributed by atoms with Crippen molar-refractivity contribution in [3.05, 3.63) is 41.6 Å². The summed E-state index contributed by atoms with van der Waals surface area (Å²) in [6.45, 7) is -1.26. The molecule has 88 valence electrons. The van der Waals surface area contributed by atoms with E-state index < -0.39 is 24.9 Å². The second-order valence-corrected chi connectivity index (χ2v) is 3.43. The Morgan fingerprint density at radius 3 is 2.50 bits per heavy atom. The number of hydrogen-bond acceptors (Lipinski definition) is 1. The lowest BCUT2D eigenvalue weighted by Crippen LogP contribution is -2.23. The molecule has 1 rings (SSSR count). The molecule has 0 aliphatic rings. The van der Waals surface area contributed by atoms with E-state index in [-0.39, 0.29) is 5.75 Å². The largest absolute Gasteiger partial charge is 0.508 e. The Labute approximate surface area is 90.8 Å². The van der Waals surface area contributed by atoms with Gasteiger partial charge in [-0.1, -0.05) is 0 Å². The molecule has 1 aromatic carbocycles. The molecule has 1 nitrogen and oxygen atoms in total. The van der Waals surface area contributed by atoms with Crippen molar-refractivity contribution in [2.75, 3.05) is 6.61 Å². The summed E-state index contributed by atoms with van der Waals surface area (Å²) >= 11 is 0. The molecule has 0 fully saturated rings. The van der Waals surface area contributed by atoms with Gasteiger partial charge in [-0.15, -0.1) is 12.1 Å². The van der Waals surface area contributed by atoms with Crippen LogP contribution < -0.4 is 4.74 Å². The summed E-state index contributed by atoms with van der Waals surface area (Å²) in [5.41, 5.74) is -0.466. The smallest absolute Gasteiger partial charge is 0.492 e. The van der Waals surface area contributed by atoms with Gasteiger partial charge in [0.05, 0.1) is 6.61 Å². The van der Waals surface area contributed by atoms with Crippen molar-refractivity contribution in [2.24, 2.45) is 0 Å². The Bertz CT molecular complexity index is 400. The average Bonchev–Trinajstić information content (AvgIpc) is 2.14. The maximum absolute atomic E-state index is 12.7. The van der Waals surface area contributed by atoms with E-state index in [1.54, 1.807) is 6.92 Å². The molecule has 0 radical (unpaired) electrons. The zero-order valence-corrected chi connectivity index (χ0v) is 8.64. The van der Waals surface area contributed by atoms with Crippen LogP contribution >= 0.6 is 0 Å². The van der Waals surface area contributed by atoms with Crippen LogP contribution in [0.25, 0.3) is 0 Å². The van der Waals surface area contributed by atoms with Crippen LogP contribution in [0.15, 0.2) is 30.3 Å². The van der Waals surface area contributed by atoms with Crippen molar-refractivity contribution >= 4 is 6.98 Å². The van der Waals surface area contributed by atoms with Crippen molar-refractivity contribution in [1.29, 1.82) is 0 Å². The van der Waals surface area contributed by atoms with Crippen LogP contribution in [-0.4, -0.2) is 13.6 Å². The highest BCUT2D eigenvalue weighted by Crippen LogP contribution is 2.22. The number of benzene rings is 1. The third kappa shape index (κ3) is 3.29. The van der Waals surface area contributed by atoms with Gasteiger partial charge >= 0.3 is 6.98 Å². The molecule has 16 heavy (non-hydrogen) atoms. The molecule has 0 bridgehead atoms. The normalized spacial score (nSPS) is 11.3. The Balaban J connectivity index is 2.65. The van der Waals surface area contributed by atoms with Gasteiger partial charge in [0.15, 0.2) is 0 Å². The molecule has 0 aliphatic carbocycles. The molecule has 1 aromatic rings. The fraction of sp³-hybridized carbons (Fsp3) is 0.200. The highest BCUT2D eigenvalue weighted by atomic mass is 19.4.